The van der Waals surface area contributed by atoms with E-state index in [0.29, 0.717) is 11.5 Å². The second-order valence-corrected chi connectivity index (χ2v) is 7.23. The summed E-state index contributed by atoms with van der Waals surface area (Å²) in [6.07, 6.45) is 3.79. The lowest BCUT2D eigenvalue weighted by Gasteiger charge is -2.30. The van der Waals surface area contributed by atoms with E-state index >= 15 is 0 Å². The first-order valence-corrected chi connectivity index (χ1v) is 9.35. The molecule has 6 heteroatoms. The van der Waals surface area contributed by atoms with Crippen LogP contribution in [0.5, 0.6) is 5.75 Å². The van der Waals surface area contributed by atoms with Gasteiger partial charge in [-0.15, -0.1) is 0 Å². The zero-order chi connectivity index (χ0) is 19.0. The molecule has 0 atom stereocenters. The van der Waals surface area contributed by atoms with Crippen LogP contribution in [0.4, 0.5) is 0 Å². The second-order valence-electron chi connectivity index (χ2n) is 7.23. The predicted octanol–water partition coefficient (Wildman–Crippen LogP) is 3.61. The van der Waals surface area contributed by atoms with Gasteiger partial charge in [-0.2, -0.15) is 0 Å². The van der Waals surface area contributed by atoms with Crippen LogP contribution in [0.15, 0.2) is 36.5 Å². The number of rotatable bonds is 3. The Labute approximate surface area is 158 Å². The summed E-state index contributed by atoms with van der Waals surface area (Å²) in [5.74, 6) is 2.38. The van der Waals surface area contributed by atoms with Crippen LogP contribution in [0.2, 0.25) is 0 Å². The summed E-state index contributed by atoms with van der Waals surface area (Å²) in [6.45, 7) is 5.82. The number of hydrogen-bond donors (Lipinski definition) is 0. The van der Waals surface area contributed by atoms with E-state index in [1.807, 2.05) is 46.7 Å². The van der Waals surface area contributed by atoms with Gasteiger partial charge in [-0.1, -0.05) is 6.92 Å². The first kappa shape index (κ1) is 17.5. The zero-order valence-electron chi connectivity index (χ0n) is 16.0. The van der Waals surface area contributed by atoms with Crippen LogP contribution in [-0.2, 0) is 0 Å². The van der Waals surface area contributed by atoms with Crippen molar-refractivity contribution in [2.75, 3.05) is 20.2 Å². The number of hydrogen-bond acceptors (Lipinski definition) is 4. The smallest absolute Gasteiger partial charge is 0.255 e. The fourth-order valence-electron chi connectivity index (χ4n) is 3.63. The van der Waals surface area contributed by atoms with Crippen molar-refractivity contribution in [3.63, 3.8) is 0 Å². The summed E-state index contributed by atoms with van der Waals surface area (Å²) in [5.41, 5.74) is 3.06. The third-order valence-electron chi connectivity index (χ3n) is 5.31. The minimum absolute atomic E-state index is 0.0490. The van der Waals surface area contributed by atoms with Crippen molar-refractivity contribution in [2.45, 2.75) is 26.7 Å². The van der Waals surface area contributed by atoms with Crippen molar-refractivity contribution in [1.29, 1.82) is 0 Å². The first-order valence-electron chi connectivity index (χ1n) is 9.35. The molecule has 4 rings (SSSR count). The Hall–Kier alpha value is -2.89. The van der Waals surface area contributed by atoms with Gasteiger partial charge in [0.05, 0.1) is 12.7 Å². The van der Waals surface area contributed by atoms with Crippen molar-refractivity contribution in [2.24, 2.45) is 5.92 Å². The standard InChI is InChI=1S/C21H24N4O2/c1-14-8-10-24(11-9-14)21(26)16-12-19-20(22-13-16)25(15(2)23-19)17-4-6-18(27-3)7-5-17/h4-7,12-14H,8-11H2,1-3H3. The maximum absolute atomic E-state index is 12.8. The average Bonchev–Trinajstić information content (AvgIpc) is 3.03. The lowest BCUT2D eigenvalue weighted by atomic mass is 9.99. The fraction of sp³-hybridized carbons (Fsp3) is 0.381. The van der Waals surface area contributed by atoms with E-state index in [1.54, 1.807) is 13.3 Å². The van der Waals surface area contributed by atoms with Crippen LogP contribution in [0, 0.1) is 12.8 Å². The molecule has 27 heavy (non-hydrogen) atoms. The van der Waals surface area contributed by atoms with E-state index in [4.69, 9.17) is 4.74 Å². The highest BCUT2D eigenvalue weighted by Gasteiger charge is 2.22. The highest BCUT2D eigenvalue weighted by molar-refractivity contribution is 5.96. The number of fused-ring (bicyclic) bond motifs is 1. The molecule has 0 aliphatic carbocycles. The van der Waals surface area contributed by atoms with Crippen LogP contribution in [0.25, 0.3) is 16.9 Å². The molecule has 0 spiro atoms. The van der Waals surface area contributed by atoms with Gasteiger partial charge in [0, 0.05) is 25.0 Å². The molecule has 3 heterocycles. The molecular weight excluding hydrogens is 340 g/mol. The molecule has 1 fully saturated rings. The number of aromatic nitrogens is 3. The molecule has 0 unspecified atom stereocenters. The molecule has 140 valence electrons. The Morgan fingerprint density at radius 2 is 1.89 bits per heavy atom. The topological polar surface area (TPSA) is 60.3 Å². The molecule has 0 saturated carbocycles. The van der Waals surface area contributed by atoms with Crippen molar-refractivity contribution >= 4 is 17.1 Å². The van der Waals surface area contributed by atoms with Crippen LogP contribution in [-0.4, -0.2) is 45.5 Å². The zero-order valence-corrected chi connectivity index (χ0v) is 16.0. The van der Waals surface area contributed by atoms with E-state index in [2.05, 4.69) is 16.9 Å². The van der Waals surface area contributed by atoms with Gasteiger partial charge in [0.25, 0.3) is 5.91 Å². The normalized spacial score (nSPS) is 15.3. The summed E-state index contributed by atoms with van der Waals surface area (Å²) >= 11 is 0. The van der Waals surface area contributed by atoms with E-state index in [0.717, 1.165) is 54.4 Å². The number of piperidine rings is 1. The lowest BCUT2D eigenvalue weighted by Crippen LogP contribution is -2.37. The monoisotopic (exact) mass is 364 g/mol. The van der Waals surface area contributed by atoms with Gasteiger partial charge in [0.15, 0.2) is 5.65 Å². The highest BCUT2D eigenvalue weighted by Crippen LogP contribution is 2.24. The maximum atomic E-state index is 12.8. The van der Waals surface area contributed by atoms with Crippen molar-refractivity contribution < 1.29 is 9.53 Å². The van der Waals surface area contributed by atoms with Gasteiger partial charge in [-0.25, -0.2) is 9.97 Å². The molecule has 1 saturated heterocycles. The Morgan fingerprint density at radius 1 is 1.19 bits per heavy atom. The molecule has 2 aromatic heterocycles. The number of carbonyl (C=O) groups is 1. The predicted molar refractivity (Wildman–Crippen MR) is 104 cm³/mol. The summed E-state index contributed by atoms with van der Waals surface area (Å²) in [7, 11) is 1.65. The molecule has 1 amide bonds. The minimum Gasteiger partial charge on any atom is -0.497 e. The number of carbonyl (C=O) groups excluding carboxylic acids is 1. The fourth-order valence-corrected chi connectivity index (χ4v) is 3.63. The number of amides is 1. The van der Waals surface area contributed by atoms with Gasteiger partial charge in [0.2, 0.25) is 0 Å². The number of pyridine rings is 1. The van der Waals surface area contributed by atoms with Crippen molar-refractivity contribution in [3.8, 4) is 11.4 Å². The molecule has 1 aromatic carbocycles. The van der Waals surface area contributed by atoms with Gasteiger partial charge < -0.3 is 9.64 Å². The Balaban J connectivity index is 1.67. The Morgan fingerprint density at radius 3 is 2.56 bits per heavy atom. The summed E-state index contributed by atoms with van der Waals surface area (Å²) < 4.78 is 7.22. The van der Waals surface area contributed by atoms with E-state index in [9.17, 15) is 4.79 Å². The number of likely N-dealkylation sites (tertiary alicyclic amines) is 1. The molecule has 1 aliphatic heterocycles. The quantitative estimate of drug-likeness (QED) is 0.712. The molecule has 6 nitrogen and oxygen atoms in total. The first-order chi connectivity index (χ1) is 13.1. The van der Waals surface area contributed by atoms with Gasteiger partial charge in [0.1, 0.15) is 17.1 Å². The van der Waals surface area contributed by atoms with E-state index in [-0.39, 0.29) is 5.91 Å². The number of benzene rings is 1. The highest BCUT2D eigenvalue weighted by atomic mass is 16.5. The molecule has 3 aromatic rings. The average molecular weight is 364 g/mol. The minimum atomic E-state index is 0.0490. The second kappa shape index (κ2) is 7.02. The molecule has 0 bridgehead atoms. The number of ether oxygens (including phenoxy) is 1. The summed E-state index contributed by atoms with van der Waals surface area (Å²) in [4.78, 5) is 24.0. The molecule has 0 N–H and O–H groups in total. The van der Waals surface area contributed by atoms with E-state index < -0.39 is 0 Å². The van der Waals surface area contributed by atoms with E-state index in [1.165, 1.54) is 0 Å². The van der Waals surface area contributed by atoms with Crippen LogP contribution >= 0.6 is 0 Å². The summed E-state index contributed by atoms with van der Waals surface area (Å²) in [6, 6.07) is 9.63. The van der Waals surface area contributed by atoms with Crippen molar-refractivity contribution in [3.05, 3.63) is 47.9 Å². The largest absolute Gasteiger partial charge is 0.497 e. The number of nitrogens with zero attached hydrogens (tertiary/aromatic N) is 4. The maximum Gasteiger partial charge on any atom is 0.255 e. The Kier molecular flexibility index (Phi) is 4.56. The Bertz CT molecular complexity index is 970. The number of imidazole rings is 1. The molecule has 0 radical (unpaired) electrons. The van der Waals surface area contributed by atoms with Crippen LogP contribution in [0.1, 0.15) is 35.9 Å². The SMILES string of the molecule is COc1ccc(-n2c(C)nc3cc(C(=O)N4CCC(C)CC4)cnc32)cc1. The third-order valence-corrected chi connectivity index (χ3v) is 5.31. The van der Waals surface area contributed by atoms with Crippen LogP contribution in [0.3, 0.4) is 0 Å². The van der Waals surface area contributed by atoms with Crippen LogP contribution < -0.4 is 4.74 Å². The lowest BCUT2D eigenvalue weighted by molar-refractivity contribution is 0.0697. The molecular formula is C21H24N4O2. The van der Waals surface area contributed by atoms with Crippen molar-refractivity contribution in [1.82, 2.24) is 19.4 Å². The number of aryl methyl sites for hydroxylation is 1. The number of methoxy groups -OCH3 is 1. The summed E-state index contributed by atoms with van der Waals surface area (Å²) in [5, 5.41) is 0. The van der Waals surface area contributed by atoms with Gasteiger partial charge >= 0.3 is 0 Å². The molecule has 1 aliphatic rings. The van der Waals surface area contributed by atoms with Gasteiger partial charge in [-0.3, -0.25) is 9.36 Å². The van der Waals surface area contributed by atoms with Gasteiger partial charge in [-0.05, 0) is 56.0 Å². The third kappa shape index (κ3) is 3.27.